The molecule has 0 aliphatic heterocycles. The van der Waals surface area contributed by atoms with Crippen molar-refractivity contribution in [2.75, 3.05) is 4.90 Å². The molecule has 0 bridgehead atoms. The van der Waals surface area contributed by atoms with Crippen molar-refractivity contribution in [2.45, 2.75) is 0 Å². The molecule has 0 fully saturated rings. The van der Waals surface area contributed by atoms with Crippen LogP contribution in [-0.2, 0) is 0 Å². The van der Waals surface area contributed by atoms with E-state index < -0.39 is 0 Å². The molecule has 9 rings (SSSR count). The van der Waals surface area contributed by atoms with Gasteiger partial charge in [-0.3, -0.25) is 0 Å². The summed E-state index contributed by atoms with van der Waals surface area (Å²) in [5, 5.41) is 10.2. The van der Waals surface area contributed by atoms with Gasteiger partial charge >= 0.3 is 0 Å². The Kier molecular flexibility index (Phi) is 5.75. The Labute approximate surface area is 259 Å². The lowest BCUT2D eigenvalue weighted by atomic mass is 9.98. The maximum Gasteiger partial charge on any atom is 0.0546 e. The van der Waals surface area contributed by atoms with Crippen LogP contribution in [0.5, 0.6) is 0 Å². The molecule has 0 N–H and O–H groups in total. The van der Waals surface area contributed by atoms with Crippen LogP contribution in [0.3, 0.4) is 0 Å². The summed E-state index contributed by atoms with van der Waals surface area (Å²) >= 11 is 1.87. The van der Waals surface area contributed by atoms with E-state index in [1.807, 2.05) is 11.3 Å². The summed E-state index contributed by atoms with van der Waals surface area (Å²) in [6.45, 7) is 0. The number of benzene rings is 8. The largest absolute Gasteiger partial charge is 0.310 e. The Balaban J connectivity index is 1.36. The monoisotopic (exact) mass is 577 g/mol. The number of fused-ring (bicyclic) bond motifs is 8. The third-order valence-electron chi connectivity index (χ3n) is 8.80. The number of hydrogen-bond acceptors (Lipinski definition) is 2. The van der Waals surface area contributed by atoms with Gasteiger partial charge in [-0.15, -0.1) is 11.3 Å². The summed E-state index contributed by atoms with van der Waals surface area (Å²) in [4.78, 5) is 2.45. The fourth-order valence-electron chi connectivity index (χ4n) is 6.77. The lowest BCUT2D eigenvalue weighted by molar-refractivity contribution is 1.31. The molecule has 1 nitrogen and oxygen atoms in total. The summed E-state index contributed by atoms with van der Waals surface area (Å²) in [7, 11) is 0. The Morgan fingerprint density at radius 2 is 1.05 bits per heavy atom. The zero-order chi connectivity index (χ0) is 29.0. The highest BCUT2D eigenvalue weighted by molar-refractivity contribution is 7.26. The van der Waals surface area contributed by atoms with Crippen molar-refractivity contribution in [1.29, 1.82) is 0 Å². The molecule has 9 aromatic rings. The first-order chi connectivity index (χ1) is 21.8. The van der Waals surface area contributed by atoms with Gasteiger partial charge in [-0.25, -0.2) is 0 Å². The quantitative estimate of drug-likeness (QED) is 0.188. The van der Waals surface area contributed by atoms with Crippen LogP contribution in [0, 0.1) is 0 Å². The Morgan fingerprint density at radius 3 is 1.93 bits per heavy atom. The molecule has 0 radical (unpaired) electrons. The van der Waals surface area contributed by atoms with Crippen LogP contribution in [0.2, 0.25) is 0 Å². The molecular formula is C42H27NS. The molecule has 206 valence electrons. The smallest absolute Gasteiger partial charge is 0.0546 e. The maximum absolute atomic E-state index is 2.45. The third kappa shape index (κ3) is 4.00. The van der Waals surface area contributed by atoms with Gasteiger partial charge in [0.1, 0.15) is 0 Å². The van der Waals surface area contributed by atoms with E-state index in [1.54, 1.807) is 0 Å². The lowest BCUT2D eigenvalue weighted by Crippen LogP contribution is -2.11. The standard InChI is InChI=1S/C42H27NS/c1-2-11-28(12-3-1)30-14-10-15-32(25-30)43(39-26-31-13-4-5-16-34(31)35-17-6-7-18-36(35)39)33-23-21-29-22-24-41-42(38(29)27-33)37-19-8-9-20-40(37)44-41/h1-27H. The van der Waals surface area contributed by atoms with Crippen molar-refractivity contribution in [3.63, 3.8) is 0 Å². The average Bonchev–Trinajstić information content (AvgIpc) is 3.48. The Morgan fingerprint density at radius 1 is 0.364 bits per heavy atom. The number of hydrogen-bond donors (Lipinski definition) is 0. The SMILES string of the molecule is c1ccc(-c2cccc(N(c3ccc4ccc5sc6ccccc6c5c4c3)c3cc4ccccc4c4ccccc34)c2)cc1. The number of thiophene rings is 1. The van der Waals surface area contributed by atoms with Crippen molar-refractivity contribution in [3.8, 4) is 11.1 Å². The molecule has 44 heavy (non-hydrogen) atoms. The molecule has 0 spiro atoms. The van der Waals surface area contributed by atoms with Gasteiger partial charge in [-0.2, -0.15) is 0 Å². The molecule has 0 atom stereocenters. The second-order valence-corrected chi connectivity index (χ2v) is 12.4. The van der Waals surface area contributed by atoms with Gasteiger partial charge < -0.3 is 4.90 Å². The zero-order valence-electron chi connectivity index (χ0n) is 23.9. The van der Waals surface area contributed by atoms with Crippen LogP contribution in [0.25, 0.3) is 63.6 Å². The first kappa shape index (κ1) is 25.1. The third-order valence-corrected chi connectivity index (χ3v) is 9.94. The van der Waals surface area contributed by atoms with Gasteiger partial charge in [0.2, 0.25) is 0 Å². The molecule has 0 unspecified atom stereocenters. The van der Waals surface area contributed by atoms with Crippen LogP contribution < -0.4 is 4.90 Å². The predicted molar refractivity (Wildman–Crippen MR) is 192 cm³/mol. The van der Waals surface area contributed by atoms with Crippen molar-refractivity contribution in [3.05, 3.63) is 164 Å². The minimum atomic E-state index is 1.13. The first-order valence-corrected chi connectivity index (χ1v) is 15.8. The van der Waals surface area contributed by atoms with Crippen LogP contribution >= 0.6 is 11.3 Å². The number of rotatable bonds is 4. The highest BCUT2D eigenvalue weighted by Crippen LogP contribution is 2.45. The number of anilines is 3. The minimum absolute atomic E-state index is 1.13. The molecule has 2 heteroatoms. The van der Waals surface area contributed by atoms with E-state index in [2.05, 4.69) is 169 Å². The minimum Gasteiger partial charge on any atom is -0.310 e. The average molecular weight is 578 g/mol. The van der Waals surface area contributed by atoms with E-state index >= 15 is 0 Å². The van der Waals surface area contributed by atoms with Crippen molar-refractivity contribution in [1.82, 2.24) is 0 Å². The van der Waals surface area contributed by atoms with Gasteiger partial charge in [0.15, 0.2) is 0 Å². The Bertz CT molecular complexity index is 2510. The lowest BCUT2D eigenvalue weighted by Gasteiger charge is -2.28. The van der Waals surface area contributed by atoms with E-state index in [-0.39, 0.29) is 0 Å². The summed E-state index contributed by atoms with van der Waals surface area (Å²) in [6, 6.07) is 59.8. The van der Waals surface area contributed by atoms with Crippen LogP contribution in [0.1, 0.15) is 0 Å². The van der Waals surface area contributed by atoms with Crippen LogP contribution in [0.4, 0.5) is 17.1 Å². The fourth-order valence-corrected chi connectivity index (χ4v) is 7.89. The zero-order valence-corrected chi connectivity index (χ0v) is 24.8. The van der Waals surface area contributed by atoms with Gasteiger partial charge in [-0.1, -0.05) is 121 Å². The topological polar surface area (TPSA) is 3.24 Å². The van der Waals surface area contributed by atoms with Crippen molar-refractivity contribution in [2.24, 2.45) is 0 Å². The second kappa shape index (κ2) is 10.1. The second-order valence-electron chi connectivity index (χ2n) is 11.4. The molecular weight excluding hydrogens is 551 g/mol. The Hall–Kier alpha value is -5.44. The van der Waals surface area contributed by atoms with Gasteiger partial charge in [0, 0.05) is 36.9 Å². The summed E-state index contributed by atoms with van der Waals surface area (Å²) in [6.07, 6.45) is 0. The van der Waals surface area contributed by atoms with E-state index in [4.69, 9.17) is 0 Å². The van der Waals surface area contributed by atoms with Gasteiger partial charge in [0.25, 0.3) is 0 Å². The van der Waals surface area contributed by atoms with E-state index in [9.17, 15) is 0 Å². The van der Waals surface area contributed by atoms with Gasteiger partial charge in [-0.05, 0) is 80.5 Å². The first-order valence-electron chi connectivity index (χ1n) is 15.0. The summed E-state index contributed by atoms with van der Waals surface area (Å²) in [5.41, 5.74) is 5.86. The van der Waals surface area contributed by atoms with E-state index in [0.29, 0.717) is 0 Å². The van der Waals surface area contributed by atoms with E-state index in [1.165, 1.54) is 69.3 Å². The molecule has 0 aliphatic rings. The summed E-state index contributed by atoms with van der Waals surface area (Å²) < 4.78 is 2.65. The molecule has 0 saturated heterocycles. The predicted octanol–water partition coefficient (Wildman–Crippen LogP) is 12.7. The van der Waals surface area contributed by atoms with Crippen LogP contribution in [0.15, 0.2) is 164 Å². The highest BCUT2D eigenvalue weighted by Gasteiger charge is 2.19. The highest BCUT2D eigenvalue weighted by atomic mass is 32.1. The molecule has 0 aliphatic carbocycles. The molecule has 1 aromatic heterocycles. The van der Waals surface area contributed by atoms with Crippen molar-refractivity contribution < 1.29 is 0 Å². The molecule has 0 amide bonds. The normalized spacial score (nSPS) is 11.6. The van der Waals surface area contributed by atoms with E-state index in [0.717, 1.165) is 11.4 Å². The number of nitrogens with zero attached hydrogens (tertiary/aromatic N) is 1. The van der Waals surface area contributed by atoms with Crippen LogP contribution in [-0.4, -0.2) is 0 Å². The molecule has 0 saturated carbocycles. The fraction of sp³-hybridized carbons (Fsp3) is 0. The molecule has 1 heterocycles. The molecule has 8 aromatic carbocycles. The van der Waals surface area contributed by atoms with Crippen molar-refractivity contribution >= 4 is 80.9 Å². The maximum atomic E-state index is 2.45. The summed E-state index contributed by atoms with van der Waals surface area (Å²) in [5.74, 6) is 0. The van der Waals surface area contributed by atoms with Gasteiger partial charge in [0.05, 0.1) is 5.69 Å².